The largest absolute Gasteiger partial charge is 0.490 e. The Balaban J connectivity index is 0.000000604. The zero-order chi connectivity index (χ0) is 28.4. The topological polar surface area (TPSA) is 258 Å². The first-order valence-electron chi connectivity index (χ1n) is 11.1. The summed E-state index contributed by atoms with van der Waals surface area (Å²) >= 11 is 0. The highest BCUT2D eigenvalue weighted by Gasteiger charge is 2.72. The highest BCUT2D eigenvalue weighted by molar-refractivity contribution is 7.66. The number of hydrogen-bond acceptors (Lipinski definition) is 11. The molecule has 0 amide bonds. The molecule has 3 rings (SSSR count). The van der Waals surface area contributed by atoms with E-state index in [0.717, 1.165) is 16.8 Å². The molecule has 7 N–H and O–H groups in total. The highest BCUT2D eigenvalue weighted by Crippen LogP contribution is 2.68. The lowest BCUT2D eigenvalue weighted by Crippen LogP contribution is -2.44. The molecule has 0 aliphatic heterocycles. The van der Waals surface area contributed by atoms with Crippen LogP contribution in [0.3, 0.4) is 0 Å². The first-order valence-corrected chi connectivity index (χ1v) is 15.6. The van der Waals surface area contributed by atoms with Crippen molar-refractivity contribution in [2.24, 2.45) is 11.8 Å². The van der Waals surface area contributed by atoms with Crippen LogP contribution in [0.4, 0.5) is 0 Å². The van der Waals surface area contributed by atoms with Crippen LogP contribution in [0.2, 0.25) is 0 Å². The molecule has 17 nitrogen and oxygen atoms in total. The first kappa shape index (κ1) is 32.2. The monoisotopic (exact) mass is 595 g/mol. The van der Waals surface area contributed by atoms with Crippen molar-refractivity contribution in [3.63, 3.8) is 0 Å². The summed E-state index contributed by atoms with van der Waals surface area (Å²) in [5.74, 6) is -1.68. The molecule has 1 aromatic rings. The number of rotatable bonds is 11. The minimum absolute atomic E-state index is 0.140. The molecule has 0 spiro atoms. The van der Waals surface area contributed by atoms with Gasteiger partial charge in [-0.3, -0.25) is 18.9 Å². The van der Waals surface area contributed by atoms with Crippen LogP contribution in [0.15, 0.2) is 21.9 Å². The summed E-state index contributed by atoms with van der Waals surface area (Å²) in [7, 11) is -16.6. The van der Waals surface area contributed by atoms with Gasteiger partial charge in [-0.15, -0.1) is 0 Å². The summed E-state index contributed by atoms with van der Waals surface area (Å²) in [6, 6.07) is 1.03. The standard InChI is InChI=1S/C11H17N2O14P3.C6H15N/c14-7-1-2-13(10(17)12-7)11-3-6(11)5(8(15)9(11)16)4-25-29(21,22)27-30(23,24)26-28(18,19)20;1-4-7(5-2)6-3/h1-2,5-6,8-9,15-16H,3-4H2,(H,21,22)(H,23,24)(H,12,14,17)(H2,18,19,20);4-6H2,1-3H3/t5-,6-,8+,9+,11-;/m0./s1. The number of aromatic amines is 1. The summed E-state index contributed by atoms with van der Waals surface area (Å²) in [6.07, 6.45) is -1.79. The minimum atomic E-state index is -5.69. The molecule has 7 atom stereocenters. The van der Waals surface area contributed by atoms with Crippen molar-refractivity contribution >= 4 is 23.5 Å². The zero-order valence-electron chi connectivity index (χ0n) is 20.2. The fourth-order valence-corrected chi connectivity index (χ4v) is 7.51. The molecular formula is C17H32N3O14P3. The fraction of sp³-hybridized carbons (Fsp3) is 0.765. The van der Waals surface area contributed by atoms with Gasteiger partial charge < -0.3 is 34.7 Å². The van der Waals surface area contributed by atoms with Gasteiger partial charge in [0.05, 0.1) is 18.2 Å². The summed E-state index contributed by atoms with van der Waals surface area (Å²) < 4.78 is 46.5. The van der Waals surface area contributed by atoms with E-state index in [1.54, 1.807) is 0 Å². The number of nitrogens with zero attached hydrogens (tertiary/aromatic N) is 2. The second-order valence-electron chi connectivity index (χ2n) is 8.39. The molecule has 2 aliphatic rings. The Kier molecular flexibility index (Phi) is 10.4. The molecule has 0 bridgehead atoms. The van der Waals surface area contributed by atoms with Crippen molar-refractivity contribution in [2.45, 2.75) is 44.9 Å². The van der Waals surface area contributed by atoms with Gasteiger partial charge >= 0.3 is 29.2 Å². The van der Waals surface area contributed by atoms with Gasteiger partial charge in [0.1, 0.15) is 6.10 Å². The Hall–Kier alpha value is -1.03. The van der Waals surface area contributed by atoms with Crippen LogP contribution in [0.25, 0.3) is 0 Å². The maximum absolute atomic E-state index is 12.0. The molecule has 0 radical (unpaired) electrons. The third-order valence-electron chi connectivity index (χ3n) is 6.28. The third kappa shape index (κ3) is 7.99. The Morgan fingerprint density at radius 1 is 1.03 bits per heavy atom. The number of phosphoric acid groups is 3. The van der Waals surface area contributed by atoms with Gasteiger partial charge in [0.2, 0.25) is 0 Å². The molecule has 37 heavy (non-hydrogen) atoms. The van der Waals surface area contributed by atoms with E-state index >= 15 is 0 Å². The number of phosphoric ester groups is 1. The van der Waals surface area contributed by atoms with Crippen LogP contribution in [-0.2, 0) is 32.4 Å². The van der Waals surface area contributed by atoms with E-state index in [2.05, 4.69) is 38.8 Å². The lowest BCUT2D eigenvalue weighted by molar-refractivity contribution is -0.0281. The lowest BCUT2D eigenvalue weighted by atomic mass is 10.0. The smallest absolute Gasteiger partial charge is 0.390 e. The Morgan fingerprint density at radius 3 is 2.05 bits per heavy atom. The summed E-state index contributed by atoms with van der Waals surface area (Å²) in [5, 5.41) is 20.7. The van der Waals surface area contributed by atoms with Crippen LogP contribution >= 0.6 is 23.5 Å². The number of fused-ring (bicyclic) bond motifs is 1. The van der Waals surface area contributed by atoms with Crippen LogP contribution in [0, 0.1) is 11.8 Å². The minimum Gasteiger partial charge on any atom is -0.390 e. The molecule has 0 aromatic carbocycles. The molecule has 2 saturated carbocycles. The maximum Gasteiger partial charge on any atom is 0.490 e. The average molecular weight is 595 g/mol. The lowest BCUT2D eigenvalue weighted by Gasteiger charge is -2.24. The van der Waals surface area contributed by atoms with Crippen LogP contribution in [-0.4, -0.2) is 82.7 Å². The van der Waals surface area contributed by atoms with Crippen LogP contribution in [0.1, 0.15) is 27.2 Å². The average Bonchev–Trinajstić information content (AvgIpc) is 3.43. The Bertz CT molecular complexity index is 1190. The molecule has 0 saturated heterocycles. The number of nitrogens with one attached hydrogen (secondary N) is 1. The predicted molar refractivity (Wildman–Crippen MR) is 126 cm³/mol. The second-order valence-corrected chi connectivity index (χ2v) is 12.8. The van der Waals surface area contributed by atoms with E-state index < -0.39 is 70.9 Å². The van der Waals surface area contributed by atoms with Crippen molar-refractivity contribution in [2.75, 3.05) is 26.2 Å². The highest BCUT2D eigenvalue weighted by atomic mass is 31.3. The molecule has 2 fully saturated rings. The van der Waals surface area contributed by atoms with Gasteiger partial charge in [0.15, 0.2) is 0 Å². The molecule has 1 heterocycles. The number of aliphatic hydroxyl groups is 2. The van der Waals surface area contributed by atoms with Crippen LogP contribution < -0.4 is 11.2 Å². The summed E-state index contributed by atoms with van der Waals surface area (Å²) in [5.41, 5.74) is -2.82. The van der Waals surface area contributed by atoms with Gasteiger partial charge in [-0.1, -0.05) is 20.8 Å². The summed E-state index contributed by atoms with van der Waals surface area (Å²) in [4.78, 5) is 63.3. The second kappa shape index (κ2) is 12.0. The normalized spacial score (nSPS) is 30.1. The molecule has 2 unspecified atom stereocenters. The van der Waals surface area contributed by atoms with Crippen molar-refractivity contribution < 1.29 is 56.6 Å². The van der Waals surface area contributed by atoms with E-state index in [9.17, 15) is 38.4 Å². The van der Waals surface area contributed by atoms with Gasteiger partial charge in [0.25, 0.3) is 5.56 Å². The summed E-state index contributed by atoms with van der Waals surface area (Å²) in [6.45, 7) is 9.33. The van der Waals surface area contributed by atoms with E-state index in [1.165, 1.54) is 19.6 Å². The number of aromatic nitrogens is 2. The van der Waals surface area contributed by atoms with E-state index in [1.807, 2.05) is 4.98 Å². The zero-order valence-corrected chi connectivity index (χ0v) is 22.9. The Labute approximate surface area is 211 Å². The number of hydrogen-bond donors (Lipinski definition) is 7. The molecule has 1 aromatic heterocycles. The third-order valence-corrected chi connectivity index (χ3v) is 10.1. The van der Waals surface area contributed by atoms with E-state index in [-0.39, 0.29) is 6.42 Å². The quantitative estimate of drug-likeness (QED) is 0.156. The molecule has 214 valence electrons. The Morgan fingerprint density at radius 2 is 1.59 bits per heavy atom. The molecule has 20 heteroatoms. The first-order chi connectivity index (χ1) is 16.9. The van der Waals surface area contributed by atoms with Gasteiger partial charge in [0, 0.05) is 18.2 Å². The van der Waals surface area contributed by atoms with E-state index in [4.69, 9.17) is 14.7 Å². The van der Waals surface area contributed by atoms with Crippen molar-refractivity contribution in [1.82, 2.24) is 14.5 Å². The van der Waals surface area contributed by atoms with Crippen LogP contribution in [0.5, 0.6) is 0 Å². The van der Waals surface area contributed by atoms with Crippen molar-refractivity contribution in [1.29, 1.82) is 0 Å². The number of aliphatic hydroxyl groups excluding tert-OH is 2. The maximum atomic E-state index is 12.0. The van der Waals surface area contributed by atoms with Crippen molar-refractivity contribution in [3.8, 4) is 0 Å². The number of H-pyrrole nitrogens is 1. The van der Waals surface area contributed by atoms with Gasteiger partial charge in [-0.2, -0.15) is 8.62 Å². The SMILES string of the molecule is CCN(CC)CC.O=c1ccn([C@@]23C[C@H]2[C@H](COP(=O)(O)OP(=O)(O)OP(=O)(O)O)[C@@H](O)[C@H]3O)c(=O)[nH]1. The molecule has 2 aliphatic carbocycles. The van der Waals surface area contributed by atoms with Gasteiger partial charge in [-0.25, -0.2) is 18.5 Å². The van der Waals surface area contributed by atoms with E-state index in [0.29, 0.717) is 0 Å². The van der Waals surface area contributed by atoms with Gasteiger partial charge in [-0.05, 0) is 32.0 Å². The van der Waals surface area contributed by atoms with Crippen molar-refractivity contribution in [3.05, 3.63) is 33.1 Å². The predicted octanol–water partition coefficient (Wildman–Crippen LogP) is -0.705. The fourth-order valence-electron chi connectivity index (χ4n) is 4.46. The molecular weight excluding hydrogens is 563 g/mol.